The van der Waals surface area contributed by atoms with E-state index in [4.69, 9.17) is 10.5 Å². The summed E-state index contributed by atoms with van der Waals surface area (Å²) in [6.45, 7) is 3.25. The Morgan fingerprint density at radius 2 is 2.05 bits per heavy atom. The minimum atomic E-state index is -3.79. The van der Waals surface area contributed by atoms with E-state index >= 15 is 0 Å². The van der Waals surface area contributed by atoms with E-state index in [-0.39, 0.29) is 23.2 Å². The van der Waals surface area contributed by atoms with Crippen LogP contribution < -0.4 is 20.5 Å². The molecule has 0 aliphatic rings. The third-order valence-electron chi connectivity index (χ3n) is 2.39. The van der Waals surface area contributed by atoms with Gasteiger partial charge in [-0.1, -0.05) is 0 Å². The van der Waals surface area contributed by atoms with Crippen LogP contribution in [0.3, 0.4) is 0 Å². The van der Waals surface area contributed by atoms with E-state index in [2.05, 4.69) is 10.0 Å². The summed E-state index contributed by atoms with van der Waals surface area (Å²) < 4.78 is 31.2. The van der Waals surface area contributed by atoms with E-state index in [1.165, 1.54) is 25.3 Å². The molecule has 4 N–H and O–H groups in total. The first-order valence-corrected chi connectivity index (χ1v) is 7.47. The van der Waals surface area contributed by atoms with Crippen LogP contribution in [0.5, 0.6) is 5.75 Å². The number of carbonyl (C=O) groups excluding carboxylic acids is 1. The van der Waals surface area contributed by atoms with Gasteiger partial charge in [-0.2, -0.15) is 0 Å². The summed E-state index contributed by atoms with van der Waals surface area (Å²) in [5, 5.41) is 2.59. The van der Waals surface area contributed by atoms with Gasteiger partial charge in [0.2, 0.25) is 15.9 Å². The van der Waals surface area contributed by atoms with Gasteiger partial charge in [-0.15, -0.1) is 0 Å². The molecule has 1 rings (SSSR count). The number of nitrogens with one attached hydrogen (secondary N) is 2. The summed E-state index contributed by atoms with van der Waals surface area (Å²) >= 11 is 0. The van der Waals surface area contributed by atoms with Crippen LogP contribution in [-0.4, -0.2) is 34.0 Å². The predicted molar refractivity (Wildman–Crippen MR) is 75.9 cm³/mol. The molecule has 0 saturated heterocycles. The molecule has 112 valence electrons. The maximum Gasteiger partial charge on any atom is 0.241 e. The Hall–Kier alpha value is -1.80. The molecule has 0 heterocycles. The molecule has 0 spiro atoms. The fraction of sp³-hybridized carbons (Fsp3) is 0.417. The zero-order valence-electron chi connectivity index (χ0n) is 11.6. The Balaban J connectivity index is 2.81. The van der Waals surface area contributed by atoms with Crippen molar-refractivity contribution in [2.75, 3.05) is 19.4 Å². The summed E-state index contributed by atoms with van der Waals surface area (Å²) in [7, 11) is -2.39. The molecule has 0 radical (unpaired) electrons. The van der Waals surface area contributed by atoms with Crippen molar-refractivity contribution in [1.82, 2.24) is 10.0 Å². The summed E-state index contributed by atoms with van der Waals surface area (Å²) in [6, 6.07) is 4.03. The number of amides is 1. The Kier molecular flexibility index (Phi) is 5.34. The van der Waals surface area contributed by atoms with E-state index in [0.29, 0.717) is 5.69 Å². The maximum absolute atomic E-state index is 12.0. The summed E-state index contributed by atoms with van der Waals surface area (Å²) in [4.78, 5) is 11.4. The molecular formula is C12H19N3O4S. The number of sulfonamides is 1. The predicted octanol–water partition coefficient (Wildman–Crippen LogP) is 0.0803. The topological polar surface area (TPSA) is 111 Å². The molecule has 7 nitrogen and oxygen atoms in total. The number of nitrogens with two attached hydrogens (primary N) is 1. The van der Waals surface area contributed by atoms with Gasteiger partial charge in [0, 0.05) is 12.1 Å². The molecule has 0 atom stereocenters. The highest BCUT2D eigenvalue weighted by Crippen LogP contribution is 2.24. The number of ether oxygens (including phenoxy) is 1. The van der Waals surface area contributed by atoms with Crippen LogP contribution in [-0.2, 0) is 14.8 Å². The smallest absolute Gasteiger partial charge is 0.241 e. The number of rotatable bonds is 6. The van der Waals surface area contributed by atoms with E-state index in [1.807, 2.05) is 0 Å². The van der Waals surface area contributed by atoms with Crippen molar-refractivity contribution in [3.63, 3.8) is 0 Å². The maximum atomic E-state index is 12.0. The van der Waals surface area contributed by atoms with Gasteiger partial charge in [-0.3, -0.25) is 4.79 Å². The Bertz CT molecular complexity index is 584. The standard InChI is InChI=1S/C12H19N3O4S/c1-8(2)15-12(16)7-14-20(17,18)9-4-5-10(13)11(6-9)19-3/h4-6,8,14H,7,13H2,1-3H3,(H,15,16). The molecule has 1 aromatic carbocycles. The molecule has 0 saturated carbocycles. The first kappa shape index (κ1) is 16.3. The molecule has 0 unspecified atom stereocenters. The number of benzene rings is 1. The van der Waals surface area contributed by atoms with Crippen molar-refractivity contribution in [3.8, 4) is 5.75 Å². The lowest BCUT2D eigenvalue weighted by Gasteiger charge is -2.11. The van der Waals surface area contributed by atoms with Crippen LogP contribution in [0.2, 0.25) is 0 Å². The molecule has 0 aliphatic carbocycles. The second kappa shape index (κ2) is 6.58. The number of nitrogen functional groups attached to an aromatic ring is 1. The van der Waals surface area contributed by atoms with E-state index in [9.17, 15) is 13.2 Å². The first-order valence-electron chi connectivity index (χ1n) is 5.99. The van der Waals surface area contributed by atoms with Crippen LogP contribution in [0.1, 0.15) is 13.8 Å². The van der Waals surface area contributed by atoms with E-state index in [1.54, 1.807) is 13.8 Å². The van der Waals surface area contributed by atoms with Crippen molar-refractivity contribution in [2.45, 2.75) is 24.8 Å². The van der Waals surface area contributed by atoms with Crippen molar-refractivity contribution >= 4 is 21.6 Å². The molecular weight excluding hydrogens is 282 g/mol. The third-order valence-corrected chi connectivity index (χ3v) is 3.79. The van der Waals surface area contributed by atoms with Gasteiger partial charge in [-0.05, 0) is 26.0 Å². The van der Waals surface area contributed by atoms with E-state index in [0.717, 1.165) is 0 Å². The van der Waals surface area contributed by atoms with Gasteiger partial charge < -0.3 is 15.8 Å². The van der Waals surface area contributed by atoms with Gasteiger partial charge >= 0.3 is 0 Å². The zero-order valence-corrected chi connectivity index (χ0v) is 12.5. The SMILES string of the molecule is COc1cc(S(=O)(=O)NCC(=O)NC(C)C)ccc1N. The molecule has 1 amide bonds. The fourth-order valence-corrected chi connectivity index (χ4v) is 2.47. The van der Waals surface area contributed by atoms with Crippen LogP contribution in [0.15, 0.2) is 23.1 Å². The minimum absolute atomic E-state index is 0.0131. The van der Waals surface area contributed by atoms with Crippen LogP contribution >= 0.6 is 0 Å². The molecule has 0 fully saturated rings. The van der Waals surface area contributed by atoms with E-state index < -0.39 is 15.9 Å². The minimum Gasteiger partial charge on any atom is -0.495 e. The van der Waals surface area contributed by atoms with Gasteiger partial charge in [0.15, 0.2) is 0 Å². The number of methoxy groups -OCH3 is 1. The van der Waals surface area contributed by atoms with Crippen molar-refractivity contribution in [1.29, 1.82) is 0 Å². The summed E-state index contributed by atoms with van der Waals surface area (Å²) in [6.07, 6.45) is 0. The zero-order chi connectivity index (χ0) is 15.3. The van der Waals surface area contributed by atoms with Crippen LogP contribution in [0.4, 0.5) is 5.69 Å². The molecule has 0 aliphatic heterocycles. The first-order chi connectivity index (χ1) is 9.26. The average molecular weight is 301 g/mol. The lowest BCUT2D eigenvalue weighted by Crippen LogP contribution is -2.39. The second-order valence-electron chi connectivity index (χ2n) is 4.45. The molecule has 0 bridgehead atoms. The lowest BCUT2D eigenvalue weighted by atomic mass is 10.3. The number of hydrogen-bond acceptors (Lipinski definition) is 5. The largest absolute Gasteiger partial charge is 0.495 e. The number of carbonyl (C=O) groups is 1. The highest BCUT2D eigenvalue weighted by atomic mass is 32.2. The molecule has 1 aromatic rings. The summed E-state index contributed by atoms with van der Waals surface area (Å²) in [5.74, 6) is -0.134. The summed E-state index contributed by atoms with van der Waals surface area (Å²) in [5.41, 5.74) is 5.95. The molecule has 8 heteroatoms. The second-order valence-corrected chi connectivity index (χ2v) is 6.22. The number of hydrogen-bond donors (Lipinski definition) is 3. The monoisotopic (exact) mass is 301 g/mol. The van der Waals surface area contributed by atoms with Crippen molar-refractivity contribution < 1.29 is 17.9 Å². The normalized spacial score (nSPS) is 11.4. The lowest BCUT2D eigenvalue weighted by molar-refractivity contribution is -0.120. The van der Waals surface area contributed by atoms with Gasteiger partial charge in [-0.25, -0.2) is 13.1 Å². The van der Waals surface area contributed by atoms with Gasteiger partial charge in [0.1, 0.15) is 5.75 Å². The average Bonchev–Trinajstić information content (AvgIpc) is 2.36. The van der Waals surface area contributed by atoms with Crippen molar-refractivity contribution in [2.24, 2.45) is 0 Å². The Morgan fingerprint density at radius 3 is 2.60 bits per heavy atom. The van der Waals surface area contributed by atoms with Crippen LogP contribution in [0, 0.1) is 0 Å². The fourth-order valence-electron chi connectivity index (χ4n) is 1.48. The van der Waals surface area contributed by atoms with Gasteiger partial charge in [0.05, 0.1) is 24.2 Å². The van der Waals surface area contributed by atoms with Gasteiger partial charge in [0.25, 0.3) is 0 Å². The molecule has 20 heavy (non-hydrogen) atoms. The quantitative estimate of drug-likeness (QED) is 0.644. The third kappa shape index (κ3) is 4.39. The molecule has 0 aromatic heterocycles. The Labute approximate surface area is 118 Å². The van der Waals surface area contributed by atoms with Crippen LogP contribution in [0.25, 0.3) is 0 Å². The Morgan fingerprint density at radius 1 is 1.40 bits per heavy atom. The number of anilines is 1. The highest BCUT2D eigenvalue weighted by Gasteiger charge is 2.17. The van der Waals surface area contributed by atoms with Crippen molar-refractivity contribution in [3.05, 3.63) is 18.2 Å². The highest BCUT2D eigenvalue weighted by molar-refractivity contribution is 7.89.